The molecule has 0 bridgehead atoms. The molecule has 0 fully saturated rings. The first-order valence-corrected chi connectivity index (χ1v) is 7.30. The fourth-order valence-corrected chi connectivity index (χ4v) is 2.04. The van der Waals surface area contributed by atoms with Gasteiger partial charge in [-0.25, -0.2) is 4.39 Å². The molecule has 1 atom stereocenters. The zero-order valence-electron chi connectivity index (χ0n) is 13.5. The third-order valence-electron chi connectivity index (χ3n) is 3.33. The average molecular weight is 346 g/mol. The topological polar surface area (TPSA) is 98.5 Å². The Balaban J connectivity index is 2.13. The summed E-state index contributed by atoms with van der Waals surface area (Å²) in [6, 6.07) is 9.04. The Bertz CT molecular complexity index is 838. The number of Topliss-reactive ketones (excluding diaryl/α,β-unsaturated/α-hetero) is 1. The van der Waals surface area contributed by atoms with Crippen LogP contribution in [-0.4, -0.2) is 22.7 Å². The quantitative estimate of drug-likeness (QED) is 0.491. The van der Waals surface area contributed by atoms with E-state index in [0.29, 0.717) is 11.3 Å². The first-order valence-electron chi connectivity index (χ1n) is 7.30. The second kappa shape index (κ2) is 7.52. The molecule has 130 valence electrons. The van der Waals surface area contributed by atoms with E-state index in [4.69, 9.17) is 4.74 Å². The van der Waals surface area contributed by atoms with E-state index in [1.165, 1.54) is 19.9 Å². The third-order valence-corrected chi connectivity index (χ3v) is 3.33. The molecule has 1 N–H and O–H groups in total. The van der Waals surface area contributed by atoms with Gasteiger partial charge in [0.1, 0.15) is 5.82 Å². The van der Waals surface area contributed by atoms with Crippen LogP contribution in [0.3, 0.4) is 0 Å². The van der Waals surface area contributed by atoms with Crippen molar-refractivity contribution in [3.63, 3.8) is 0 Å². The van der Waals surface area contributed by atoms with Gasteiger partial charge in [-0.15, -0.1) is 0 Å². The molecule has 0 saturated carbocycles. The van der Waals surface area contributed by atoms with Crippen LogP contribution in [0.15, 0.2) is 42.5 Å². The molecule has 0 aliphatic carbocycles. The highest BCUT2D eigenvalue weighted by Crippen LogP contribution is 2.28. The molecule has 1 amide bonds. The van der Waals surface area contributed by atoms with Crippen molar-refractivity contribution in [2.75, 3.05) is 5.32 Å². The van der Waals surface area contributed by atoms with Gasteiger partial charge in [-0.1, -0.05) is 12.1 Å². The van der Waals surface area contributed by atoms with Gasteiger partial charge in [-0.05, 0) is 32.0 Å². The van der Waals surface area contributed by atoms with Gasteiger partial charge < -0.3 is 10.1 Å². The maximum Gasteiger partial charge on any atom is 0.311 e. The molecule has 2 aromatic carbocycles. The van der Waals surface area contributed by atoms with Crippen LogP contribution < -0.4 is 10.1 Å². The summed E-state index contributed by atoms with van der Waals surface area (Å²) in [5.74, 6) is -1.82. The van der Waals surface area contributed by atoms with Crippen LogP contribution in [0.1, 0.15) is 24.2 Å². The fourth-order valence-electron chi connectivity index (χ4n) is 2.04. The van der Waals surface area contributed by atoms with Gasteiger partial charge in [0.2, 0.25) is 5.75 Å². The molecule has 0 aromatic heterocycles. The summed E-state index contributed by atoms with van der Waals surface area (Å²) in [5.41, 5.74) is 0.355. The van der Waals surface area contributed by atoms with Gasteiger partial charge in [0, 0.05) is 23.4 Å². The van der Waals surface area contributed by atoms with E-state index in [0.717, 1.165) is 18.2 Å². The smallest absolute Gasteiger partial charge is 0.311 e. The summed E-state index contributed by atoms with van der Waals surface area (Å²) < 4.78 is 18.5. The number of carbonyl (C=O) groups excluding carboxylic acids is 2. The van der Waals surface area contributed by atoms with Gasteiger partial charge in [0.25, 0.3) is 5.91 Å². The molecular weight excluding hydrogens is 331 g/mol. The molecule has 8 heteroatoms. The Morgan fingerprint density at radius 2 is 1.96 bits per heavy atom. The van der Waals surface area contributed by atoms with Crippen LogP contribution in [-0.2, 0) is 4.79 Å². The predicted molar refractivity (Wildman–Crippen MR) is 88.2 cm³/mol. The van der Waals surface area contributed by atoms with Crippen LogP contribution in [0.5, 0.6) is 5.75 Å². The van der Waals surface area contributed by atoms with Crippen molar-refractivity contribution >= 4 is 23.1 Å². The lowest BCUT2D eigenvalue weighted by molar-refractivity contribution is -0.386. The third kappa shape index (κ3) is 4.60. The minimum absolute atomic E-state index is 0.157. The number of ketones is 1. The summed E-state index contributed by atoms with van der Waals surface area (Å²) in [6.07, 6.45) is -1.12. The molecule has 2 rings (SSSR count). The van der Waals surface area contributed by atoms with E-state index < -0.39 is 28.4 Å². The average Bonchev–Trinajstić information content (AvgIpc) is 2.54. The van der Waals surface area contributed by atoms with Gasteiger partial charge >= 0.3 is 5.69 Å². The van der Waals surface area contributed by atoms with Crippen LogP contribution in [0.25, 0.3) is 0 Å². The molecule has 0 aliphatic rings. The number of nitro groups is 1. The summed E-state index contributed by atoms with van der Waals surface area (Å²) in [5, 5.41) is 13.5. The van der Waals surface area contributed by atoms with E-state index in [9.17, 15) is 24.1 Å². The highest BCUT2D eigenvalue weighted by molar-refractivity contribution is 5.98. The number of hydrogen-bond acceptors (Lipinski definition) is 5. The van der Waals surface area contributed by atoms with Crippen molar-refractivity contribution in [1.29, 1.82) is 0 Å². The zero-order valence-corrected chi connectivity index (χ0v) is 13.5. The number of hydrogen-bond donors (Lipinski definition) is 1. The molecule has 0 radical (unpaired) electrons. The normalized spacial score (nSPS) is 11.5. The molecule has 0 unspecified atom stereocenters. The van der Waals surface area contributed by atoms with Crippen LogP contribution in [0, 0.1) is 15.9 Å². The number of nitro benzene ring substituents is 1. The Morgan fingerprint density at radius 3 is 2.60 bits per heavy atom. The van der Waals surface area contributed by atoms with Crippen LogP contribution in [0.2, 0.25) is 0 Å². The van der Waals surface area contributed by atoms with E-state index in [1.807, 2.05) is 0 Å². The number of carbonyl (C=O) groups is 2. The second-order valence-corrected chi connectivity index (χ2v) is 5.26. The van der Waals surface area contributed by atoms with Crippen molar-refractivity contribution in [2.45, 2.75) is 20.0 Å². The number of halogens is 1. The van der Waals surface area contributed by atoms with Gasteiger partial charge in [-0.2, -0.15) is 0 Å². The number of nitrogens with one attached hydrogen (secondary N) is 1. The molecule has 0 spiro atoms. The standard InChI is InChI=1S/C17H15FN2O5/c1-10(21)12-4-3-5-14(8-12)19-17(22)11(2)25-16-9-13(18)6-7-15(16)20(23)24/h3-9,11H,1-2H3,(H,19,22)/t11-/m1/s1. The second-order valence-electron chi connectivity index (χ2n) is 5.26. The molecule has 0 saturated heterocycles. The lowest BCUT2D eigenvalue weighted by Crippen LogP contribution is -2.30. The number of benzene rings is 2. The minimum Gasteiger partial charge on any atom is -0.474 e. The molecular formula is C17H15FN2O5. The van der Waals surface area contributed by atoms with Crippen molar-refractivity contribution in [2.24, 2.45) is 0 Å². The lowest BCUT2D eigenvalue weighted by atomic mass is 10.1. The summed E-state index contributed by atoms with van der Waals surface area (Å²) in [6.45, 7) is 2.77. The molecule has 7 nitrogen and oxygen atoms in total. The highest BCUT2D eigenvalue weighted by atomic mass is 19.1. The van der Waals surface area contributed by atoms with Crippen molar-refractivity contribution in [3.8, 4) is 5.75 Å². The largest absolute Gasteiger partial charge is 0.474 e. The van der Waals surface area contributed by atoms with Crippen LogP contribution in [0.4, 0.5) is 15.8 Å². The molecule has 0 heterocycles. The Labute approximate surface area is 142 Å². The van der Waals surface area contributed by atoms with Crippen molar-refractivity contribution < 1.29 is 23.6 Å². The number of rotatable bonds is 6. The molecule has 25 heavy (non-hydrogen) atoms. The van der Waals surface area contributed by atoms with Gasteiger partial charge in [0.15, 0.2) is 11.9 Å². The van der Waals surface area contributed by atoms with Gasteiger partial charge in [0.05, 0.1) is 4.92 Å². The lowest BCUT2D eigenvalue weighted by Gasteiger charge is -2.15. The van der Waals surface area contributed by atoms with E-state index in [2.05, 4.69) is 5.32 Å². The number of amides is 1. The minimum atomic E-state index is -1.12. The number of anilines is 1. The fraction of sp³-hybridized carbons (Fsp3) is 0.176. The van der Waals surface area contributed by atoms with E-state index in [-0.39, 0.29) is 11.5 Å². The van der Waals surface area contributed by atoms with Gasteiger partial charge in [-0.3, -0.25) is 19.7 Å². The Morgan fingerprint density at radius 1 is 1.24 bits per heavy atom. The molecule has 0 aliphatic heterocycles. The zero-order chi connectivity index (χ0) is 18.6. The van der Waals surface area contributed by atoms with Crippen LogP contribution >= 0.6 is 0 Å². The molecule has 2 aromatic rings. The van der Waals surface area contributed by atoms with Crippen molar-refractivity contribution in [1.82, 2.24) is 0 Å². The summed E-state index contributed by atoms with van der Waals surface area (Å²) in [7, 11) is 0. The first kappa shape index (κ1) is 18.1. The van der Waals surface area contributed by atoms with Crippen molar-refractivity contribution in [3.05, 3.63) is 64.0 Å². The van der Waals surface area contributed by atoms with E-state index in [1.54, 1.807) is 18.2 Å². The SMILES string of the molecule is CC(=O)c1cccc(NC(=O)[C@@H](C)Oc2cc(F)ccc2[N+](=O)[O-])c1. The highest BCUT2D eigenvalue weighted by Gasteiger charge is 2.22. The Hall–Kier alpha value is -3.29. The Kier molecular flexibility index (Phi) is 5.43. The first-order chi connectivity index (χ1) is 11.8. The predicted octanol–water partition coefficient (Wildman–Crippen LogP) is 3.34. The number of nitrogens with zero attached hydrogens (tertiary/aromatic N) is 1. The summed E-state index contributed by atoms with van der Waals surface area (Å²) in [4.78, 5) is 33.8. The maximum absolute atomic E-state index is 13.3. The monoisotopic (exact) mass is 346 g/mol. The van der Waals surface area contributed by atoms with E-state index >= 15 is 0 Å². The summed E-state index contributed by atoms with van der Waals surface area (Å²) >= 11 is 0. The maximum atomic E-state index is 13.3. The number of ether oxygens (including phenoxy) is 1.